The summed E-state index contributed by atoms with van der Waals surface area (Å²) in [7, 11) is -3.16. The highest BCUT2D eigenvalue weighted by Gasteiger charge is 2.31. The van der Waals surface area contributed by atoms with Crippen molar-refractivity contribution in [1.82, 2.24) is 13.8 Å². The van der Waals surface area contributed by atoms with Crippen LogP contribution in [0, 0.1) is 13.8 Å². The van der Waals surface area contributed by atoms with Crippen LogP contribution in [0.5, 0.6) is 0 Å². The van der Waals surface area contributed by atoms with Crippen LogP contribution in [0.4, 0.5) is 0 Å². The van der Waals surface area contributed by atoms with E-state index in [-0.39, 0.29) is 5.91 Å². The summed E-state index contributed by atoms with van der Waals surface area (Å²) in [6.45, 7) is 5.73. The number of piperazine rings is 1. The largest absolute Gasteiger partial charge is 0.345 e. The van der Waals surface area contributed by atoms with E-state index in [1.54, 1.807) is 4.90 Å². The van der Waals surface area contributed by atoms with Crippen LogP contribution in [0.2, 0.25) is 0 Å². The Morgan fingerprint density at radius 3 is 2.23 bits per heavy atom. The van der Waals surface area contributed by atoms with E-state index < -0.39 is 10.0 Å². The lowest BCUT2D eigenvalue weighted by molar-refractivity contribution is 0.0697. The standard InChI is InChI=1S/C15H23N3O3S/c1-11-10-14(12(2)18(11)13-4-5-13)15(19)16-6-8-17(9-7-16)22(3,20)21/h10,13H,4-9H2,1-3H3. The molecule has 2 aliphatic rings. The Bertz CT molecular complexity index is 696. The number of nitrogens with zero attached hydrogens (tertiary/aromatic N) is 3. The van der Waals surface area contributed by atoms with E-state index in [0.717, 1.165) is 17.0 Å². The maximum atomic E-state index is 12.7. The van der Waals surface area contributed by atoms with Crippen molar-refractivity contribution in [3.63, 3.8) is 0 Å². The third kappa shape index (κ3) is 2.79. The van der Waals surface area contributed by atoms with Gasteiger partial charge in [0, 0.05) is 43.6 Å². The summed E-state index contributed by atoms with van der Waals surface area (Å²) < 4.78 is 26.8. The van der Waals surface area contributed by atoms with Gasteiger partial charge >= 0.3 is 0 Å². The molecule has 3 rings (SSSR count). The summed E-state index contributed by atoms with van der Waals surface area (Å²) >= 11 is 0. The number of hydrogen-bond acceptors (Lipinski definition) is 3. The van der Waals surface area contributed by atoms with Crippen LogP contribution >= 0.6 is 0 Å². The zero-order valence-electron chi connectivity index (χ0n) is 13.4. The lowest BCUT2D eigenvalue weighted by Crippen LogP contribution is -2.50. The van der Waals surface area contributed by atoms with Crippen molar-refractivity contribution in [2.24, 2.45) is 0 Å². The highest BCUT2D eigenvalue weighted by molar-refractivity contribution is 7.88. The topological polar surface area (TPSA) is 62.6 Å². The average molecular weight is 325 g/mol. The number of carbonyl (C=O) groups excluding carboxylic acids is 1. The van der Waals surface area contributed by atoms with E-state index in [1.165, 1.54) is 23.4 Å². The molecule has 0 N–H and O–H groups in total. The fourth-order valence-electron chi connectivity index (χ4n) is 3.28. The molecule has 0 atom stereocenters. The van der Waals surface area contributed by atoms with Crippen molar-refractivity contribution < 1.29 is 13.2 Å². The fraction of sp³-hybridized carbons (Fsp3) is 0.667. The Morgan fingerprint density at radius 1 is 1.14 bits per heavy atom. The molecule has 1 aromatic heterocycles. The van der Waals surface area contributed by atoms with Gasteiger partial charge in [-0.05, 0) is 32.8 Å². The van der Waals surface area contributed by atoms with Gasteiger partial charge in [0.1, 0.15) is 0 Å². The molecule has 0 bridgehead atoms. The van der Waals surface area contributed by atoms with Gasteiger partial charge in [-0.25, -0.2) is 8.42 Å². The smallest absolute Gasteiger partial charge is 0.255 e. The molecule has 22 heavy (non-hydrogen) atoms. The molecule has 122 valence electrons. The normalized spacial score (nSPS) is 20.4. The Hall–Kier alpha value is -1.34. The lowest BCUT2D eigenvalue weighted by atomic mass is 10.2. The fourth-order valence-corrected chi connectivity index (χ4v) is 4.11. The molecule has 1 amide bonds. The van der Waals surface area contributed by atoms with Gasteiger partial charge in [-0.1, -0.05) is 0 Å². The van der Waals surface area contributed by atoms with E-state index in [4.69, 9.17) is 0 Å². The third-order valence-corrected chi connectivity index (χ3v) is 5.92. The number of aromatic nitrogens is 1. The first-order valence-electron chi connectivity index (χ1n) is 7.72. The molecule has 2 heterocycles. The number of amides is 1. The van der Waals surface area contributed by atoms with E-state index in [1.807, 2.05) is 19.9 Å². The zero-order chi connectivity index (χ0) is 16.1. The second-order valence-electron chi connectivity index (χ2n) is 6.34. The molecule has 0 spiro atoms. The van der Waals surface area contributed by atoms with Gasteiger partial charge in [0.15, 0.2) is 0 Å². The number of carbonyl (C=O) groups is 1. The molecule has 1 aliphatic carbocycles. The van der Waals surface area contributed by atoms with Crippen LogP contribution in [0.1, 0.15) is 40.6 Å². The SMILES string of the molecule is Cc1cc(C(=O)N2CCN(S(C)(=O)=O)CC2)c(C)n1C1CC1. The van der Waals surface area contributed by atoms with Gasteiger partial charge in [0.05, 0.1) is 11.8 Å². The minimum Gasteiger partial charge on any atom is -0.345 e. The molecule has 2 fully saturated rings. The highest BCUT2D eigenvalue weighted by atomic mass is 32.2. The maximum absolute atomic E-state index is 12.7. The van der Waals surface area contributed by atoms with Gasteiger partial charge < -0.3 is 9.47 Å². The molecule has 1 saturated carbocycles. The van der Waals surface area contributed by atoms with Crippen molar-refractivity contribution >= 4 is 15.9 Å². The third-order valence-electron chi connectivity index (χ3n) is 4.62. The number of hydrogen-bond donors (Lipinski definition) is 0. The predicted molar refractivity (Wildman–Crippen MR) is 84.5 cm³/mol. The summed E-state index contributed by atoms with van der Waals surface area (Å²) in [5.41, 5.74) is 2.94. The predicted octanol–water partition coefficient (Wildman–Crippen LogP) is 1.16. The van der Waals surface area contributed by atoms with E-state index in [0.29, 0.717) is 32.2 Å². The second-order valence-corrected chi connectivity index (χ2v) is 8.32. The molecule has 0 aromatic carbocycles. The Balaban J connectivity index is 1.74. The van der Waals surface area contributed by atoms with Crippen molar-refractivity contribution in [3.8, 4) is 0 Å². The molecule has 0 unspecified atom stereocenters. The summed E-state index contributed by atoms with van der Waals surface area (Å²) in [4.78, 5) is 14.5. The van der Waals surface area contributed by atoms with Gasteiger partial charge in [-0.15, -0.1) is 0 Å². The van der Waals surface area contributed by atoms with Crippen LogP contribution in [0.3, 0.4) is 0 Å². The van der Waals surface area contributed by atoms with Crippen molar-refractivity contribution in [1.29, 1.82) is 0 Å². The molecule has 6 nitrogen and oxygen atoms in total. The first-order chi connectivity index (χ1) is 10.3. The van der Waals surface area contributed by atoms with Gasteiger partial charge in [0.2, 0.25) is 10.0 Å². The monoisotopic (exact) mass is 325 g/mol. The first-order valence-corrected chi connectivity index (χ1v) is 9.56. The first kappa shape index (κ1) is 15.6. The summed E-state index contributed by atoms with van der Waals surface area (Å²) in [6.07, 6.45) is 3.60. The van der Waals surface area contributed by atoms with Crippen LogP contribution in [0.15, 0.2) is 6.07 Å². The van der Waals surface area contributed by atoms with Crippen molar-refractivity contribution in [2.75, 3.05) is 32.4 Å². The molecule has 1 aliphatic heterocycles. The van der Waals surface area contributed by atoms with Crippen LogP contribution in [-0.2, 0) is 10.0 Å². The van der Waals surface area contributed by atoms with Crippen molar-refractivity contribution in [2.45, 2.75) is 32.7 Å². The molecular formula is C15H23N3O3S. The molecule has 0 radical (unpaired) electrons. The maximum Gasteiger partial charge on any atom is 0.255 e. The van der Waals surface area contributed by atoms with Gasteiger partial charge in [0.25, 0.3) is 5.91 Å². The second kappa shape index (κ2) is 5.38. The molecule has 1 saturated heterocycles. The molecule has 1 aromatic rings. The zero-order valence-corrected chi connectivity index (χ0v) is 14.2. The summed E-state index contributed by atoms with van der Waals surface area (Å²) in [5, 5.41) is 0. The van der Waals surface area contributed by atoms with Gasteiger partial charge in [-0.3, -0.25) is 4.79 Å². The lowest BCUT2D eigenvalue weighted by Gasteiger charge is -2.33. The minimum absolute atomic E-state index is 0.0214. The quantitative estimate of drug-likeness (QED) is 0.838. The summed E-state index contributed by atoms with van der Waals surface area (Å²) in [5.74, 6) is 0.0214. The Kier molecular flexibility index (Phi) is 3.81. The van der Waals surface area contributed by atoms with Crippen molar-refractivity contribution in [3.05, 3.63) is 23.0 Å². The highest BCUT2D eigenvalue weighted by Crippen LogP contribution is 2.38. The van der Waals surface area contributed by atoms with Crippen LogP contribution in [0.25, 0.3) is 0 Å². The number of rotatable bonds is 3. The van der Waals surface area contributed by atoms with E-state index in [2.05, 4.69) is 4.57 Å². The van der Waals surface area contributed by atoms with Gasteiger partial charge in [-0.2, -0.15) is 4.31 Å². The molecule has 7 heteroatoms. The van der Waals surface area contributed by atoms with E-state index in [9.17, 15) is 13.2 Å². The molecular weight excluding hydrogens is 302 g/mol. The van der Waals surface area contributed by atoms with Crippen LogP contribution in [-0.4, -0.2) is 60.5 Å². The van der Waals surface area contributed by atoms with E-state index >= 15 is 0 Å². The average Bonchev–Trinajstić information content (AvgIpc) is 3.23. The Labute approximate surface area is 131 Å². The van der Waals surface area contributed by atoms with Crippen LogP contribution < -0.4 is 0 Å². The Morgan fingerprint density at radius 2 is 1.73 bits per heavy atom. The summed E-state index contributed by atoms with van der Waals surface area (Å²) in [6, 6.07) is 2.53. The minimum atomic E-state index is -3.16. The number of aryl methyl sites for hydroxylation is 1. The number of sulfonamides is 1.